The highest BCUT2D eigenvalue weighted by Gasteiger charge is 2.07. The largest absolute Gasteiger partial charge is 0.332 e. The van der Waals surface area contributed by atoms with E-state index in [1.165, 1.54) is 18.6 Å². The van der Waals surface area contributed by atoms with Gasteiger partial charge in [0, 0.05) is 56.5 Å². The summed E-state index contributed by atoms with van der Waals surface area (Å²) in [5.41, 5.74) is 4.91. The zero-order valence-electron chi connectivity index (χ0n) is 28.1. The summed E-state index contributed by atoms with van der Waals surface area (Å²) in [6.07, 6.45) is 28.0. The van der Waals surface area contributed by atoms with Crippen LogP contribution in [0.15, 0.2) is 138 Å². The number of carbonyl (C=O) groups excluding carboxylic acids is 3. The third-order valence-electron chi connectivity index (χ3n) is 4.66. The van der Waals surface area contributed by atoms with Crippen molar-refractivity contribution in [2.24, 2.45) is 5.73 Å². The minimum Gasteiger partial charge on any atom is -0.332 e. The van der Waals surface area contributed by atoms with Crippen LogP contribution in [0, 0.1) is 0 Å². The molecule has 2 amide bonds. The number of halogens is 3. The van der Waals surface area contributed by atoms with Crippen LogP contribution in [0.4, 0.5) is 0 Å². The molecule has 0 unspecified atom stereocenters. The molecule has 47 heavy (non-hydrogen) atoms. The first-order valence-electron chi connectivity index (χ1n) is 14.8. The summed E-state index contributed by atoms with van der Waals surface area (Å²) >= 11 is 11.2. The Morgan fingerprint density at radius 1 is 0.596 bits per heavy atom. The van der Waals surface area contributed by atoms with Crippen LogP contribution in [0.2, 0.25) is 0 Å². The number of alkyl halides is 2. The van der Waals surface area contributed by atoms with E-state index in [9.17, 15) is 14.4 Å². The molecule has 0 fully saturated rings. The summed E-state index contributed by atoms with van der Waals surface area (Å²) in [5.74, 6) is -0.306. The van der Waals surface area contributed by atoms with Crippen LogP contribution in [0.3, 0.4) is 0 Å². The summed E-state index contributed by atoms with van der Waals surface area (Å²) < 4.78 is 0. The van der Waals surface area contributed by atoms with Crippen molar-refractivity contribution in [1.82, 2.24) is 15.1 Å². The Balaban J connectivity index is -0.000000183. The van der Waals surface area contributed by atoms with Gasteiger partial charge < -0.3 is 20.9 Å². The van der Waals surface area contributed by atoms with Crippen molar-refractivity contribution in [2.75, 3.05) is 56.5 Å². The van der Waals surface area contributed by atoms with Gasteiger partial charge in [0.15, 0.2) is 0 Å². The Labute approximate surface area is 307 Å². The van der Waals surface area contributed by atoms with Gasteiger partial charge in [-0.05, 0) is 49.1 Å². The number of unbranched alkanes of at least 4 members (excludes halogenated alkanes) is 2. The number of amides is 2. The van der Waals surface area contributed by atoms with E-state index < -0.39 is 5.24 Å². The third-order valence-corrected chi connectivity index (χ3v) is 5.56. The second kappa shape index (κ2) is 49.8. The van der Waals surface area contributed by atoms with Crippen molar-refractivity contribution in [3.8, 4) is 0 Å². The smallest absolute Gasteiger partial charge is 0.246 e. The summed E-state index contributed by atoms with van der Waals surface area (Å²) in [5, 5.41) is 4.61. The van der Waals surface area contributed by atoms with E-state index in [2.05, 4.69) is 114 Å². The van der Waals surface area contributed by atoms with Gasteiger partial charge >= 0.3 is 0 Å². The lowest BCUT2D eigenvalue weighted by Crippen LogP contribution is -2.31. The van der Waals surface area contributed by atoms with E-state index >= 15 is 0 Å². The lowest BCUT2D eigenvalue weighted by atomic mass is 10.2. The maximum absolute atomic E-state index is 11.5. The average Bonchev–Trinajstić information content (AvgIpc) is 3.09. The Morgan fingerprint density at radius 2 is 1.04 bits per heavy atom. The van der Waals surface area contributed by atoms with Crippen LogP contribution in [0.1, 0.15) is 19.3 Å². The summed E-state index contributed by atoms with van der Waals surface area (Å²) in [6, 6.07) is 0. The summed E-state index contributed by atoms with van der Waals surface area (Å²) in [7, 11) is 0. The van der Waals surface area contributed by atoms with E-state index in [-0.39, 0.29) is 11.8 Å². The van der Waals surface area contributed by atoms with Gasteiger partial charge in [0.1, 0.15) is 0 Å². The van der Waals surface area contributed by atoms with Gasteiger partial charge in [-0.15, -0.1) is 32.9 Å². The molecule has 0 aromatic carbocycles. The number of allylic oxidation sites excluding steroid dienone is 5. The van der Waals surface area contributed by atoms with Crippen molar-refractivity contribution in [3.63, 3.8) is 0 Å². The number of hydrogen-bond acceptors (Lipinski definition) is 5. The van der Waals surface area contributed by atoms with Gasteiger partial charge in [0.25, 0.3) is 0 Å². The molecule has 0 heterocycles. The Hall–Kier alpha value is -3.08. The van der Waals surface area contributed by atoms with Gasteiger partial charge in [0.2, 0.25) is 17.1 Å². The molecule has 0 aromatic heterocycles. The van der Waals surface area contributed by atoms with Crippen LogP contribution in [0.25, 0.3) is 0 Å². The molecule has 0 atom stereocenters. The Kier molecular flexibility index (Phi) is 56.6. The van der Waals surface area contributed by atoms with Gasteiger partial charge in [-0.1, -0.05) is 118 Å². The highest BCUT2D eigenvalue weighted by molar-refractivity contribution is 9.09. The van der Waals surface area contributed by atoms with Gasteiger partial charge in [-0.2, -0.15) is 0 Å². The third kappa shape index (κ3) is 52.7. The molecule has 0 saturated heterocycles. The fraction of sp³-hybridized carbons (Fsp3) is 0.324. The molecule has 0 radical (unpaired) electrons. The summed E-state index contributed by atoms with van der Waals surface area (Å²) in [6.45, 7) is 32.1. The fourth-order valence-electron chi connectivity index (χ4n) is 2.46. The molecule has 0 aromatic rings. The van der Waals surface area contributed by atoms with E-state index in [4.69, 9.17) is 17.3 Å². The predicted molar refractivity (Wildman–Crippen MR) is 216 cm³/mol. The van der Waals surface area contributed by atoms with E-state index in [0.717, 1.165) is 42.7 Å². The van der Waals surface area contributed by atoms with Crippen LogP contribution in [0.5, 0.6) is 0 Å². The Morgan fingerprint density at radius 3 is 1.34 bits per heavy atom. The number of hydrogen-bond donors (Lipinski definition) is 2. The molecular weight excluding hydrogens is 744 g/mol. The minimum atomic E-state index is -0.509. The van der Waals surface area contributed by atoms with E-state index in [1.54, 1.807) is 28.0 Å². The molecule has 0 aliphatic rings. The van der Waals surface area contributed by atoms with Gasteiger partial charge in [0.05, 0.1) is 0 Å². The van der Waals surface area contributed by atoms with Crippen molar-refractivity contribution in [1.29, 1.82) is 0 Å². The summed E-state index contributed by atoms with van der Waals surface area (Å²) in [4.78, 5) is 35.7. The molecule has 0 rings (SSSR count). The van der Waals surface area contributed by atoms with Crippen LogP contribution >= 0.6 is 43.5 Å². The van der Waals surface area contributed by atoms with Crippen molar-refractivity contribution in [3.05, 3.63) is 138 Å². The molecule has 0 saturated carbocycles. The lowest BCUT2D eigenvalue weighted by Gasteiger charge is -2.18. The van der Waals surface area contributed by atoms with Crippen LogP contribution < -0.4 is 11.1 Å². The molecule has 3 N–H and O–H groups in total. The standard InChI is InChI=1S/C16H22N2O2.C11H19N.C4H6Br2.C3H3ClO.C3H7N/c1-5-11-17(15(19)7-3)13-9-10-14-18(12-6-2)16(20)8-4;1-3-5-6-7-8-9-11-12-10-4-2;5-3-1-2-4-6;1-2-3(4)5;1-2-3-4/h5-10H,1-4,11-14H2;3-4,8-9,12H,1-2,5-7,10-11H2;1-2H,3-4H2;2H,1H2;2H,1,3-4H2/b10-9+;9-8+;2-1+;;. The molecule has 0 aliphatic heterocycles. The molecule has 0 bridgehead atoms. The SMILES string of the molecule is BrC/C=C/CBr.C=CC(=O)Cl.C=CCCC/C=C/CNCC=C.C=CCN.C=CCN(C/C=C/CN(CC=C)C(=O)C=C)C(=O)C=C. The van der Waals surface area contributed by atoms with Crippen molar-refractivity contribution in [2.45, 2.75) is 19.3 Å². The van der Waals surface area contributed by atoms with Gasteiger partial charge in [-0.25, -0.2) is 0 Å². The predicted octanol–water partition coefficient (Wildman–Crippen LogP) is 8.02. The maximum atomic E-state index is 11.5. The second-order valence-electron chi connectivity index (χ2n) is 8.39. The topological polar surface area (TPSA) is 95.7 Å². The molecule has 7 nitrogen and oxygen atoms in total. The first-order chi connectivity index (χ1) is 22.6. The monoisotopic (exact) mass is 798 g/mol. The molecule has 0 spiro atoms. The van der Waals surface area contributed by atoms with Crippen molar-refractivity contribution < 1.29 is 14.4 Å². The quantitative estimate of drug-likeness (QED) is 0.0381. The number of carbonyl (C=O) groups is 3. The number of nitrogens with two attached hydrogens (primary N) is 1. The zero-order chi connectivity index (χ0) is 37.0. The molecular formula is C37H57Br2ClN4O3. The average molecular weight is 801 g/mol. The number of nitrogens with zero attached hydrogens (tertiary/aromatic N) is 2. The molecule has 10 heteroatoms. The fourth-order valence-corrected chi connectivity index (χ4v) is 2.99. The van der Waals surface area contributed by atoms with Crippen LogP contribution in [-0.2, 0) is 14.4 Å². The van der Waals surface area contributed by atoms with Crippen LogP contribution in [-0.4, -0.2) is 83.3 Å². The van der Waals surface area contributed by atoms with Crippen molar-refractivity contribution >= 4 is 60.5 Å². The van der Waals surface area contributed by atoms with E-state index in [0.29, 0.717) is 32.7 Å². The molecule has 264 valence electrons. The van der Waals surface area contributed by atoms with E-state index in [1.807, 2.05) is 24.3 Å². The highest BCUT2D eigenvalue weighted by atomic mass is 79.9. The van der Waals surface area contributed by atoms with Gasteiger partial charge in [-0.3, -0.25) is 14.4 Å². The Bertz CT molecular complexity index is 903. The first kappa shape index (κ1) is 53.4. The second-order valence-corrected chi connectivity index (χ2v) is 10.1. The normalized spacial score (nSPS) is 9.36. The molecule has 0 aliphatic carbocycles. The first-order valence-corrected chi connectivity index (χ1v) is 17.4. The highest BCUT2D eigenvalue weighted by Crippen LogP contribution is 1.97. The zero-order valence-corrected chi connectivity index (χ0v) is 32.0. The number of rotatable bonds is 22. The lowest BCUT2D eigenvalue weighted by molar-refractivity contribution is -0.126. The maximum Gasteiger partial charge on any atom is 0.246 e. The minimum absolute atomic E-state index is 0.153. The number of nitrogens with one attached hydrogen (secondary N) is 1.